The fraction of sp³-hybridized carbons (Fsp3) is 0.278. The second kappa shape index (κ2) is 8.73. The summed E-state index contributed by atoms with van der Waals surface area (Å²) in [5.41, 5.74) is 1.73. The minimum atomic E-state index is -3.54. The molecule has 0 amide bonds. The standard InChI is InChI=1S/C18H24N2O3S/c1-6-15(14-21)18(7-2)16-8-10-17(11-9-16)24(22,23)20(5)13-12-19(3)4/h6-11,14H,1-2,12-13H2,3-5H3/b18-15-. The Morgan fingerprint density at radius 1 is 1.04 bits per heavy atom. The van der Waals surface area contributed by atoms with Gasteiger partial charge in [-0.05, 0) is 37.4 Å². The molecule has 6 heteroatoms. The first kappa shape index (κ1) is 20.0. The van der Waals surface area contributed by atoms with Gasteiger partial charge in [0.25, 0.3) is 0 Å². The zero-order valence-corrected chi connectivity index (χ0v) is 15.2. The summed E-state index contributed by atoms with van der Waals surface area (Å²) in [6.07, 6.45) is 3.70. The molecule has 0 radical (unpaired) electrons. The van der Waals surface area contributed by atoms with Gasteiger partial charge in [-0.3, -0.25) is 4.79 Å². The Hall–Kier alpha value is -2.02. The van der Waals surface area contributed by atoms with Crippen molar-refractivity contribution in [1.29, 1.82) is 0 Å². The molecule has 0 spiro atoms. The molecule has 1 aromatic carbocycles. The van der Waals surface area contributed by atoms with Crippen molar-refractivity contribution in [2.24, 2.45) is 0 Å². The molecular weight excluding hydrogens is 324 g/mol. The Balaban J connectivity index is 3.14. The van der Waals surface area contributed by atoms with Crippen molar-refractivity contribution in [2.45, 2.75) is 4.90 Å². The number of nitrogens with zero attached hydrogens (tertiary/aromatic N) is 2. The summed E-state index contributed by atoms with van der Waals surface area (Å²) in [6.45, 7) is 8.34. The maximum Gasteiger partial charge on any atom is 0.242 e. The first-order valence-corrected chi connectivity index (χ1v) is 8.87. The normalized spacial score (nSPS) is 12.9. The lowest BCUT2D eigenvalue weighted by Gasteiger charge is -2.19. The van der Waals surface area contributed by atoms with Gasteiger partial charge in [-0.2, -0.15) is 4.31 Å². The third-order valence-corrected chi connectivity index (χ3v) is 5.47. The lowest BCUT2D eigenvalue weighted by atomic mass is 10.0. The van der Waals surface area contributed by atoms with Gasteiger partial charge < -0.3 is 4.90 Å². The van der Waals surface area contributed by atoms with Crippen LogP contribution in [0.25, 0.3) is 5.57 Å². The number of aldehydes is 1. The summed E-state index contributed by atoms with van der Waals surface area (Å²) in [6, 6.07) is 6.39. The third-order valence-electron chi connectivity index (χ3n) is 3.60. The summed E-state index contributed by atoms with van der Waals surface area (Å²) in [7, 11) is 1.80. The van der Waals surface area contributed by atoms with E-state index in [-0.39, 0.29) is 4.90 Å². The molecule has 0 unspecified atom stereocenters. The van der Waals surface area contributed by atoms with Crippen molar-refractivity contribution in [3.63, 3.8) is 0 Å². The van der Waals surface area contributed by atoms with E-state index in [0.29, 0.717) is 36.1 Å². The van der Waals surface area contributed by atoms with Gasteiger partial charge in [0.2, 0.25) is 10.0 Å². The van der Waals surface area contributed by atoms with E-state index in [4.69, 9.17) is 0 Å². The van der Waals surface area contributed by atoms with E-state index in [1.807, 2.05) is 19.0 Å². The largest absolute Gasteiger partial charge is 0.308 e. The number of allylic oxidation sites excluding steroid dienone is 4. The highest BCUT2D eigenvalue weighted by Gasteiger charge is 2.20. The molecule has 0 fully saturated rings. The maximum atomic E-state index is 12.5. The second-order valence-corrected chi connectivity index (χ2v) is 7.59. The molecule has 0 saturated heterocycles. The number of hydrogen-bond acceptors (Lipinski definition) is 4. The van der Waals surface area contributed by atoms with Crippen molar-refractivity contribution in [1.82, 2.24) is 9.21 Å². The zero-order chi connectivity index (χ0) is 18.3. The number of hydrogen-bond donors (Lipinski definition) is 0. The van der Waals surface area contributed by atoms with Crippen molar-refractivity contribution >= 4 is 21.9 Å². The Morgan fingerprint density at radius 3 is 2.04 bits per heavy atom. The molecule has 0 aliphatic rings. The minimum absolute atomic E-state index is 0.210. The van der Waals surface area contributed by atoms with Crippen LogP contribution in [0.2, 0.25) is 0 Å². The Labute approximate surface area is 144 Å². The van der Waals surface area contributed by atoms with Crippen LogP contribution < -0.4 is 0 Å². The number of sulfonamides is 1. The van der Waals surface area contributed by atoms with Crippen LogP contribution in [0, 0.1) is 0 Å². The summed E-state index contributed by atoms with van der Waals surface area (Å²) in [5.74, 6) is 0. The molecule has 1 rings (SSSR count). The molecule has 24 heavy (non-hydrogen) atoms. The third kappa shape index (κ3) is 4.74. The van der Waals surface area contributed by atoms with Gasteiger partial charge in [-0.25, -0.2) is 8.42 Å². The molecule has 0 aliphatic heterocycles. The van der Waals surface area contributed by atoms with Crippen LogP contribution in [0.5, 0.6) is 0 Å². The van der Waals surface area contributed by atoms with Crippen LogP contribution in [-0.2, 0) is 14.8 Å². The number of carbonyl (C=O) groups is 1. The highest BCUT2D eigenvalue weighted by Crippen LogP contribution is 2.22. The lowest BCUT2D eigenvalue weighted by molar-refractivity contribution is -0.104. The second-order valence-electron chi connectivity index (χ2n) is 5.55. The molecule has 0 heterocycles. The monoisotopic (exact) mass is 348 g/mol. The molecule has 130 valence electrons. The number of likely N-dealkylation sites (N-methyl/N-ethyl adjacent to an activating group) is 2. The first-order chi connectivity index (χ1) is 11.3. The maximum absolute atomic E-state index is 12.5. The van der Waals surface area contributed by atoms with E-state index in [9.17, 15) is 13.2 Å². The first-order valence-electron chi connectivity index (χ1n) is 7.43. The molecule has 0 N–H and O–H groups in total. The van der Waals surface area contributed by atoms with Gasteiger partial charge in [0.1, 0.15) is 0 Å². The van der Waals surface area contributed by atoms with Crippen LogP contribution in [0.1, 0.15) is 5.56 Å². The summed E-state index contributed by atoms with van der Waals surface area (Å²) in [5, 5.41) is 0. The Bertz CT molecular complexity index is 722. The molecule has 1 aromatic rings. The van der Waals surface area contributed by atoms with Crippen LogP contribution in [0.3, 0.4) is 0 Å². The topological polar surface area (TPSA) is 57.7 Å². The molecule has 0 atom stereocenters. The molecule has 0 aliphatic carbocycles. The fourth-order valence-corrected chi connectivity index (χ4v) is 3.23. The lowest BCUT2D eigenvalue weighted by Crippen LogP contribution is -2.33. The van der Waals surface area contributed by atoms with Crippen molar-refractivity contribution < 1.29 is 13.2 Å². The molecular formula is C18H24N2O3S. The van der Waals surface area contributed by atoms with E-state index in [0.717, 1.165) is 0 Å². The van der Waals surface area contributed by atoms with E-state index in [1.54, 1.807) is 25.3 Å². The van der Waals surface area contributed by atoms with Gasteiger partial charge in [0.15, 0.2) is 6.29 Å². The van der Waals surface area contributed by atoms with Gasteiger partial charge in [0.05, 0.1) is 4.90 Å². The summed E-state index contributed by atoms with van der Waals surface area (Å²) < 4.78 is 26.4. The highest BCUT2D eigenvalue weighted by molar-refractivity contribution is 7.89. The van der Waals surface area contributed by atoms with Gasteiger partial charge in [-0.1, -0.05) is 37.4 Å². The van der Waals surface area contributed by atoms with Crippen molar-refractivity contribution in [3.05, 3.63) is 60.7 Å². The molecule has 0 aromatic heterocycles. The zero-order valence-electron chi connectivity index (χ0n) is 14.4. The predicted octanol–water partition coefficient (Wildman–Crippen LogP) is 2.19. The van der Waals surface area contributed by atoms with Crippen molar-refractivity contribution in [3.8, 4) is 0 Å². The smallest absolute Gasteiger partial charge is 0.242 e. The molecule has 0 saturated carbocycles. The summed E-state index contributed by atoms with van der Waals surface area (Å²) in [4.78, 5) is 13.2. The fourth-order valence-electron chi connectivity index (χ4n) is 2.07. The SMILES string of the molecule is C=C/C(C=O)=C(\C=C)c1ccc(S(=O)(=O)N(C)CCN(C)C)cc1. The van der Waals surface area contributed by atoms with E-state index in [2.05, 4.69) is 13.2 Å². The minimum Gasteiger partial charge on any atom is -0.308 e. The van der Waals surface area contributed by atoms with Crippen molar-refractivity contribution in [2.75, 3.05) is 34.2 Å². The van der Waals surface area contributed by atoms with E-state index in [1.165, 1.54) is 22.5 Å². The predicted molar refractivity (Wildman–Crippen MR) is 98.2 cm³/mol. The van der Waals surface area contributed by atoms with Crippen LogP contribution in [0.4, 0.5) is 0 Å². The van der Waals surface area contributed by atoms with E-state index < -0.39 is 10.0 Å². The van der Waals surface area contributed by atoms with Gasteiger partial charge in [-0.15, -0.1) is 0 Å². The number of carbonyl (C=O) groups excluding carboxylic acids is 1. The van der Waals surface area contributed by atoms with E-state index >= 15 is 0 Å². The quantitative estimate of drug-likeness (QED) is 0.390. The Morgan fingerprint density at radius 2 is 1.62 bits per heavy atom. The Kier molecular flexibility index (Phi) is 7.28. The highest BCUT2D eigenvalue weighted by atomic mass is 32.2. The number of benzene rings is 1. The summed E-state index contributed by atoms with van der Waals surface area (Å²) >= 11 is 0. The van der Waals surface area contributed by atoms with Crippen LogP contribution >= 0.6 is 0 Å². The average molecular weight is 348 g/mol. The van der Waals surface area contributed by atoms with Gasteiger partial charge in [0, 0.05) is 25.7 Å². The molecule has 5 nitrogen and oxygen atoms in total. The van der Waals surface area contributed by atoms with Gasteiger partial charge >= 0.3 is 0 Å². The number of rotatable bonds is 9. The van der Waals surface area contributed by atoms with Crippen LogP contribution in [-0.4, -0.2) is 58.1 Å². The average Bonchev–Trinajstić information content (AvgIpc) is 2.57. The van der Waals surface area contributed by atoms with Crippen LogP contribution in [0.15, 0.2) is 60.0 Å². The molecule has 0 bridgehead atoms.